The van der Waals surface area contributed by atoms with Crippen molar-refractivity contribution in [3.63, 3.8) is 0 Å². The number of carbonyl (C=O) groups is 2. The monoisotopic (exact) mass is 331 g/mol. The number of amides is 1. The molecule has 2 aliphatic rings. The van der Waals surface area contributed by atoms with Crippen LogP contribution in [0.25, 0.3) is 0 Å². The molecule has 6 nitrogen and oxygen atoms in total. The van der Waals surface area contributed by atoms with E-state index in [0.29, 0.717) is 18.5 Å². The van der Waals surface area contributed by atoms with Crippen molar-refractivity contribution in [1.29, 1.82) is 0 Å². The molecule has 0 bridgehead atoms. The summed E-state index contributed by atoms with van der Waals surface area (Å²) in [6.07, 6.45) is 5.47. The van der Waals surface area contributed by atoms with Gasteiger partial charge >= 0.3 is 5.97 Å². The fourth-order valence-corrected chi connectivity index (χ4v) is 3.49. The molecule has 0 saturated carbocycles. The van der Waals surface area contributed by atoms with Crippen molar-refractivity contribution in [3.05, 3.63) is 23.9 Å². The maximum Gasteiger partial charge on any atom is 0.328 e. The van der Waals surface area contributed by atoms with E-state index < -0.39 is 6.04 Å². The second kappa shape index (κ2) is 7.20. The zero-order chi connectivity index (χ0) is 17.1. The van der Waals surface area contributed by atoms with Crippen molar-refractivity contribution in [1.82, 2.24) is 9.88 Å². The Morgan fingerprint density at radius 1 is 1.17 bits per heavy atom. The van der Waals surface area contributed by atoms with Gasteiger partial charge in [-0.25, -0.2) is 9.78 Å². The average molecular weight is 331 g/mol. The highest BCUT2D eigenvalue weighted by atomic mass is 16.5. The predicted octanol–water partition coefficient (Wildman–Crippen LogP) is 2.10. The van der Waals surface area contributed by atoms with E-state index in [4.69, 9.17) is 4.74 Å². The highest BCUT2D eigenvalue weighted by molar-refractivity contribution is 5.97. The van der Waals surface area contributed by atoms with Gasteiger partial charge in [-0.05, 0) is 43.7 Å². The molecule has 0 N–H and O–H groups in total. The second-order valence-corrected chi connectivity index (χ2v) is 6.75. The number of anilines is 1. The van der Waals surface area contributed by atoms with Crippen LogP contribution in [0.15, 0.2) is 18.3 Å². The fraction of sp³-hybridized carbons (Fsp3) is 0.611. The maximum atomic E-state index is 12.7. The minimum atomic E-state index is -0.467. The molecule has 24 heavy (non-hydrogen) atoms. The standard InChI is InChI=1S/C18H25N3O3/c1-13-7-10-20(11-8-13)16-6-5-14(12-19-16)17(22)21-9-3-4-15(21)18(23)24-2/h5-6,12-13,15H,3-4,7-11H2,1-2H3/t15-/m0/s1. The van der Waals surface area contributed by atoms with E-state index in [1.807, 2.05) is 12.1 Å². The molecule has 6 heteroatoms. The summed E-state index contributed by atoms with van der Waals surface area (Å²) in [6, 6.07) is 3.26. The van der Waals surface area contributed by atoms with Crippen molar-refractivity contribution in [2.45, 2.75) is 38.6 Å². The summed E-state index contributed by atoms with van der Waals surface area (Å²) < 4.78 is 4.80. The topological polar surface area (TPSA) is 62.7 Å². The van der Waals surface area contributed by atoms with Gasteiger partial charge in [0, 0.05) is 25.8 Å². The third-order valence-electron chi connectivity index (χ3n) is 5.09. The Hall–Kier alpha value is -2.11. The lowest BCUT2D eigenvalue weighted by atomic mass is 9.99. The van der Waals surface area contributed by atoms with Crippen LogP contribution in [0.3, 0.4) is 0 Å². The van der Waals surface area contributed by atoms with Crippen molar-refractivity contribution in [2.75, 3.05) is 31.6 Å². The summed E-state index contributed by atoms with van der Waals surface area (Å²) in [5.41, 5.74) is 0.528. The van der Waals surface area contributed by atoms with Crippen molar-refractivity contribution in [2.24, 2.45) is 5.92 Å². The molecule has 0 aliphatic carbocycles. The van der Waals surface area contributed by atoms with Crippen LogP contribution in [-0.4, -0.2) is 54.5 Å². The Balaban J connectivity index is 1.69. The summed E-state index contributed by atoms with van der Waals surface area (Å²) in [6.45, 7) is 4.89. The van der Waals surface area contributed by atoms with Gasteiger partial charge in [0.1, 0.15) is 11.9 Å². The Kier molecular flexibility index (Phi) is 5.02. The van der Waals surface area contributed by atoms with E-state index in [1.54, 1.807) is 11.1 Å². The van der Waals surface area contributed by atoms with Crippen LogP contribution in [0.5, 0.6) is 0 Å². The highest BCUT2D eigenvalue weighted by Gasteiger charge is 2.35. The zero-order valence-corrected chi connectivity index (χ0v) is 14.4. The largest absolute Gasteiger partial charge is 0.467 e. The van der Waals surface area contributed by atoms with E-state index in [-0.39, 0.29) is 11.9 Å². The predicted molar refractivity (Wildman–Crippen MR) is 90.9 cm³/mol. The number of ether oxygens (including phenoxy) is 1. The molecule has 2 fully saturated rings. The van der Waals surface area contributed by atoms with Crippen LogP contribution >= 0.6 is 0 Å². The summed E-state index contributed by atoms with van der Waals surface area (Å²) in [4.78, 5) is 32.8. The first-order valence-electron chi connectivity index (χ1n) is 8.70. The van der Waals surface area contributed by atoms with E-state index in [2.05, 4.69) is 16.8 Å². The number of carbonyl (C=O) groups excluding carboxylic acids is 2. The van der Waals surface area contributed by atoms with E-state index in [1.165, 1.54) is 20.0 Å². The van der Waals surface area contributed by atoms with Gasteiger partial charge < -0.3 is 14.5 Å². The van der Waals surface area contributed by atoms with Crippen molar-refractivity contribution >= 4 is 17.7 Å². The number of likely N-dealkylation sites (tertiary alicyclic amines) is 1. The molecule has 0 aromatic carbocycles. The van der Waals surface area contributed by atoms with Crippen LogP contribution in [0.1, 0.15) is 43.0 Å². The third kappa shape index (κ3) is 3.37. The van der Waals surface area contributed by atoms with E-state index >= 15 is 0 Å². The molecule has 130 valence electrons. The van der Waals surface area contributed by atoms with Gasteiger partial charge in [0.25, 0.3) is 5.91 Å². The molecule has 2 saturated heterocycles. The molecule has 2 aliphatic heterocycles. The number of rotatable bonds is 3. The van der Waals surface area contributed by atoms with Crippen molar-refractivity contribution in [3.8, 4) is 0 Å². The lowest BCUT2D eigenvalue weighted by Gasteiger charge is -2.31. The minimum Gasteiger partial charge on any atom is -0.467 e. The first-order valence-corrected chi connectivity index (χ1v) is 8.70. The number of methoxy groups -OCH3 is 1. The molecule has 1 aromatic rings. The Morgan fingerprint density at radius 2 is 1.92 bits per heavy atom. The molecular weight excluding hydrogens is 306 g/mol. The normalized spacial score (nSPS) is 21.8. The Labute approximate surface area is 142 Å². The van der Waals surface area contributed by atoms with Gasteiger partial charge in [0.05, 0.1) is 12.7 Å². The first-order chi connectivity index (χ1) is 11.6. The summed E-state index contributed by atoms with van der Waals surface area (Å²) in [5, 5.41) is 0. The minimum absolute atomic E-state index is 0.144. The maximum absolute atomic E-state index is 12.7. The molecule has 3 heterocycles. The molecule has 1 aromatic heterocycles. The number of pyridine rings is 1. The molecular formula is C18H25N3O3. The highest BCUT2D eigenvalue weighted by Crippen LogP contribution is 2.23. The van der Waals surface area contributed by atoms with Crippen LogP contribution in [0, 0.1) is 5.92 Å². The SMILES string of the molecule is COC(=O)[C@@H]1CCCN1C(=O)c1ccc(N2CCC(C)CC2)nc1. The van der Waals surface area contributed by atoms with Crippen LogP contribution in [0.4, 0.5) is 5.82 Å². The van der Waals surface area contributed by atoms with Gasteiger partial charge in [-0.2, -0.15) is 0 Å². The first kappa shape index (κ1) is 16.7. The van der Waals surface area contributed by atoms with Gasteiger partial charge in [-0.1, -0.05) is 6.92 Å². The van der Waals surface area contributed by atoms with E-state index in [0.717, 1.165) is 31.2 Å². The molecule has 1 atom stereocenters. The molecule has 0 radical (unpaired) electrons. The average Bonchev–Trinajstić information content (AvgIpc) is 3.11. The summed E-state index contributed by atoms with van der Waals surface area (Å²) in [7, 11) is 1.36. The summed E-state index contributed by atoms with van der Waals surface area (Å²) in [5.74, 6) is 1.21. The molecule has 1 amide bonds. The number of aromatic nitrogens is 1. The van der Waals surface area contributed by atoms with Crippen molar-refractivity contribution < 1.29 is 14.3 Å². The zero-order valence-electron chi connectivity index (χ0n) is 14.4. The van der Waals surface area contributed by atoms with Gasteiger partial charge in [-0.15, -0.1) is 0 Å². The van der Waals surface area contributed by atoms with Crippen LogP contribution < -0.4 is 4.90 Å². The lowest BCUT2D eigenvalue weighted by Crippen LogP contribution is -2.41. The van der Waals surface area contributed by atoms with E-state index in [9.17, 15) is 9.59 Å². The summed E-state index contributed by atoms with van der Waals surface area (Å²) >= 11 is 0. The van der Waals surface area contributed by atoms with Gasteiger partial charge in [-0.3, -0.25) is 4.79 Å². The number of hydrogen-bond donors (Lipinski definition) is 0. The van der Waals surface area contributed by atoms with Crippen LogP contribution in [0.2, 0.25) is 0 Å². The molecule has 3 rings (SSSR count). The van der Waals surface area contributed by atoms with Gasteiger partial charge in [0.15, 0.2) is 0 Å². The van der Waals surface area contributed by atoms with Gasteiger partial charge in [0.2, 0.25) is 0 Å². The lowest BCUT2D eigenvalue weighted by molar-refractivity contribution is -0.145. The van der Waals surface area contributed by atoms with Crippen LogP contribution in [-0.2, 0) is 9.53 Å². The smallest absolute Gasteiger partial charge is 0.328 e. The Morgan fingerprint density at radius 3 is 2.54 bits per heavy atom. The number of esters is 1. The third-order valence-corrected chi connectivity index (χ3v) is 5.09. The number of hydrogen-bond acceptors (Lipinski definition) is 5. The Bertz CT molecular complexity index is 594. The number of nitrogens with zero attached hydrogens (tertiary/aromatic N) is 3. The quantitative estimate of drug-likeness (QED) is 0.794. The number of piperidine rings is 1. The molecule has 0 unspecified atom stereocenters. The second-order valence-electron chi connectivity index (χ2n) is 6.75. The fourth-order valence-electron chi connectivity index (χ4n) is 3.49. The molecule has 0 spiro atoms.